The molecular formula is C25H28ClN5O3S. The second kappa shape index (κ2) is 11.0. The van der Waals surface area contributed by atoms with Gasteiger partial charge in [-0.3, -0.25) is 4.21 Å². The topological polar surface area (TPSA) is 98.7 Å². The molecule has 0 spiro atoms. The summed E-state index contributed by atoms with van der Waals surface area (Å²) in [5.74, 6) is 0.818. The maximum Gasteiger partial charge on any atom is 0.335 e. The number of halogens is 1. The number of nitrogens with one attached hydrogen (secondary N) is 1. The molecule has 2 aliphatic heterocycles. The maximum atomic E-state index is 12.6. The number of carbonyl (C=O) groups is 1. The first-order valence-corrected chi connectivity index (χ1v) is 13.3. The molecule has 10 heteroatoms. The average Bonchev–Trinajstić information content (AvgIpc) is 3.26. The number of aromatic carboxylic acids is 1. The number of benzene rings is 2. The van der Waals surface area contributed by atoms with E-state index in [2.05, 4.69) is 15.1 Å². The van der Waals surface area contributed by atoms with Crippen molar-refractivity contribution in [3.8, 4) is 0 Å². The van der Waals surface area contributed by atoms with Gasteiger partial charge in [-0.05, 0) is 42.5 Å². The van der Waals surface area contributed by atoms with Crippen molar-refractivity contribution in [2.45, 2.75) is 25.2 Å². The highest BCUT2D eigenvalue weighted by molar-refractivity contribution is 7.85. The largest absolute Gasteiger partial charge is 0.478 e. The standard InChI is InChI=1S/C23H22ClN5O3S.C2H6/c24-16-2-1-3-17(14-16)25-21-20-19(8-13-33(20)32)26-23(27-21)29-11-9-28(10-12-29)18-6-4-15(5-7-18)22(30)31;1-2/h1-7,14H,8-13H2,(H,30,31)(H,25,26,27);1-2H3. The van der Waals surface area contributed by atoms with E-state index in [9.17, 15) is 9.00 Å². The van der Waals surface area contributed by atoms with Gasteiger partial charge in [0.2, 0.25) is 5.95 Å². The van der Waals surface area contributed by atoms with Crippen molar-refractivity contribution >= 4 is 51.5 Å². The third-order valence-electron chi connectivity index (χ3n) is 5.81. The van der Waals surface area contributed by atoms with Crippen LogP contribution >= 0.6 is 11.6 Å². The van der Waals surface area contributed by atoms with Gasteiger partial charge < -0.3 is 20.2 Å². The summed E-state index contributed by atoms with van der Waals surface area (Å²) >= 11 is 6.12. The van der Waals surface area contributed by atoms with Crippen molar-refractivity contribution in [3.63, 3.8) is 0 Å². The lowest BCUT2D eigenvalue weighted by Crippen LogP contribution is -2.47. The summed E-state index contributed by atoms with van der Waals surface area (Å²) in [6.45, 7) is 6.96. The zero-order chi connectivity index (χ0) is 24.9. The van der Waals surface area contributed by atoms with Gasteiger partial charge in [-0.15, -0.1) is 0 Å². The van der Waals surface area contributed by atoms with E-state index in [1.54, 1.807) is 18.2 Å². The van der Waals surface area contributed by atoms with Crippen LogP contribution in [0.1, 0.15) is 29.9 Å². The van der Waals surface area contributed by atoms with Gasteiger partial charge in [0.25, 0.3) is 0 Å². The molecule has 1 aromatic heterocycles. The summed E-state index contributed by atoms with van der Waals surface area (Å²) in [6, 6.07) is 14.3. The van der Waals surface area contributed by atoms with Crippen LogP contribution in [0.2, 0.25) is 5.02 Å². The quantitative estimate of drug-likeness (QED) is 0.511. The summed E-state index contributed by atoms with van der Waals surface area (Å²) in [4.78, 5) is 25.6. The Morgan fingerprint density at radius 1 is 1.03 bits per heavy atom. The van der Waals surface area contributed by atoms with Crippen LogP contribution in [-0.2, 0) is 17.2 Å². The Labute approximate surface area is 212 Å². The molecule has 8 nitrogen and oxygen atoms in total. The number of fused-ring (bicyclic) bond motifs is 1. The van der Waals surface area contributed by atoms with Gasteiger partial charge in [0.1, 0.15) is 4.90 Å². The summed E-state index contributed by atoms with van der Waals surface area (Å²) in [5, 5.41) is 13.0. The second-order valence-electron chi connectivity index (χ2n) is 7.91. The van der Waals surface area contributed by atoms with E-state index in [0.29, 0.717) is 33.9 Å². The van der Waals surface area contributed by atoms with E-state index in [4.69, 9.17) is 26.7 Å². The lowest BCUT2D eigenvalue weighted by molar-refractivity contribution is 0.0697. The summed E-state index contributed by atoms with van der Waals surface area (Å²) in [6.07, 6.45) is 0.664. The number of carboxylic acids is 1. The molecule has 184 valence electrons. The first-order valence-electron chi connectivity index (χ1n) is 11.6. The Morgan fingerprint density at radius 3 is 2.37 bits per heavy atom. The molecule has 35 heavy (non-hydrogen) atoms. The minimum absolute atomic E-state index is 0.279. The molecule has 3 heterocycles. The van der Waals surface area contributed by atoms with E-state index in [0.717, 1.165) is 43.2 Å². The third-order valence-corrected chi connectivity index (χ3v) is 7.50. The predicted octanol–water partition coefficient (Wildman–Crippen LogP) is 4.59. The van der Waals surface area contributed by atoms with Gasteiger partial charge in [-0.25, -0.2) is 9.78 Å². The number of carboxylic acid groups (broad SMARTS) is 1. The fourth-order valence-electron chi connectivity index (χ4n) is 4.09. The minimum atomic E-state index is -1.13. The van der Waals surface area contributed by atoms with Crippen molar-refractivity contribution in [2.24, 2.45) is 0 Å². The smallest absolute Gasteiger partial charge is 0.335 e. The molecule has 0 amide bonds. The number of rotatable bonds is 5. The van der Waals surface area contributed by atoms with Gasteiger partial charge in [-0.1, -0.05) is 31.5 Å². The zero-order valence-corrected chi connectivity index (χ0v) is 21.3. The third kappa shape index (κ3) is 5.57. The molecule has 2 aliphatic rings. The van der Waals surface area contributed by atoms with Gasteiger partial charge in [0.05, 0.1) is 22.1 Å². The number of aromatic nitrogens is 2. The number of hydrogen-bond donors (Lipinski definition) is 2. The Morgan fingerprint density at radius 2 is 1.71 bits per heavy atom. The van der Waals surface area contributed by atoms with E-state index < -0.39 is 16.8 Å². The Bertz CT molecular complexity index is 1230. The van der Waals surface area contributed by atoms with E-state index in [-0.39, 0.29) is 5.56 Å². The van der Waals surface area contributed by atoms with Crippen LogP contribution in [0.25, 0.3) is 0 Å². The van der Waals surface area contributed by atoms with Crippen LogP contribution in [0.3, 0.4) is 0 Å². The number of anilines is 4. The van der Waals surface area contributed by atoms with Gasteiger partial charge in [0.15, 0.2) is 5.82 Å². The normalized spacial score (nSPS) is 16.8. The molecule has 1 fully saturated rings. The summed E-state index contributed by atoms with van der Waals surface area (Å²) < 4.78 is 12.6. The summed E-state index contributed by atoms with van der Waals surface area (Å²) in [7, 11) is -1.13. The van der Waals surface area contributed by atoms with Gasteiger partial charge >= 0.3 is 5.97 Å². The van der Waals surface area contributed by atoms with Crippen molar-refractivity contribution < 1.29 is 14.1 Å². The number of nitrogens with zero attached hydrogens (tertiary/aromatic N) is 4. The molecule has 1 unspecified atom stereocenters. The number of piperazine rings is 1. The number of aryl methyl sites for hydroxylation is 1. The van der Waals surface area contributed by atoms with Crippen LogP contribution < -0.4 is 15.1 Å². The average molecular weight is 514 g/mol. The van der Waals surface area contributed by atoms with E-state index >= 15 is 0 Å². The molecular weight excluding hydrogens is 486 g/mol. The van der Waals surface area contributed by atoms with Crippen molar-refractivity contribution in [3.05, 3.63) is 64.8 Å². The predicted molar refractivity (Wildman–Crippen MR) is 141 cm³/mol. The van der Waals surface area contributed by atoms with Crippen LogP contribution in [0, 0.1) is 0 Å². The molecule has 0 bridgehead atoms. The fourth-order valence-corrected chi connectivity index (χ4v) is 5.59. The molecule has 1 atom stereocenters. The van der Waals surface area contributed by atoms with Gasteiger partial charge in [0, 0.05) is 54.8 Å². The molecule has 1 saturated heterocycles. The Hall–Kier alpha value is -3.17. The van der Waals surface area contributed by atoms with Crippen LogP contribution in [0.4, 0.5) is 23.1 Å². The van der Waals surface area contributed by atoms with E-state index in [1.807, 2.05) is 44.2 Å². The maximum absolute atomic E-state index is 12.6. The lowest BCUT2D eigenvalue weighted by Gasteiger charge is -2.36. The minimum Gasteiger partial charge on any atom is -0.478 e. The highest BCUT2D eigenvalue weighted by Crippen LogP contribution is 2.32. The molecule has 3 aromatic rings. The highest BCUT2D eigenvalue weighted by Gasteiger charge is 2.28. The first kappa shape index (κ1) is 24.9. The summed E-state index contributed by atoms with van der Waals surface area (Å²) in [5.41, 5.74) is 2.89. The van der Waals surface area contributed by atoms with E-state index in [1.165, 1.54) is 0 Å². The molecule has 2 N–H and O–H groups in total. The van der Waals surface area contributed by atoms with Crippen LogP contribution in [-0.4, -0.2) is 57.2 Å². The Balaban J connectivity index is 0.00000141. The molecule has 5 rings (SSSR count). The monoisotopic (exact) mass is 513 g/mol. The van der Waals surface area contributed by atoms with Crippen molar-refractivity contribution in [1.82, 2.24) is 9.97 Å². The van der Waals surface area contributed by atoms with Gasteiger partial charge in [-0.2, -0.15) is 4.98 Å². The number of hydrogen-bond acceptors (Lipinski definition) is 7. The molecule has 0 aliphatic carbocycles. The Kier molecular flexibility index (Phi) is 7.87. The highest BCUT2D eigenvalue weighted by atomic mass is 35.5. The van der Waals surface area contributed by atoms with Crippen LogP contribution in [0.5, 0.6) is 0 Å². The lowest BCUT2D eigenvalue weighted by atomic mass is 10.2. The molecule has 2 aromatic carbocycles. The second-order valence-corrected chi connectivity index (χ2v) is 9.85. The fraction of sp³-hybridized carbons (Fsp3) is 0.320. The zero-order valence-electron chi connectivity index (χ0n) is 19.7. The molecule has 0 saturated carbocycles. The van der Waals surface area contributed by atoms with Crippen molar-refractivity contribution in [2.75, 3.05) is 47.0 Å². The molecule has 0 radical (unpaired) electrons. The SMILES string of the molecule is CC.O=C(O)c1ccc(N2CCN(c3nc4c(c(Nc5cccc(Cl)c5)n3)S(=O)CC4)CC2)cc1. The van der Waals surface area contributed by atoms with Crippen molar-refractivity contribution in [1.29, 1.82) is 0 Å². The van der Waals surface area contributed by atoms with Crippen LogP contribution in [0.15, 0.2) is 53.4 Å². The first-order chi connectivity index (χ1) is 17.0.